The molecule has 2 rings (SSSR count). The molecule has 1 saturated heterocycles. The molecule has 1 fully saturated rings. The Bertz CT molecular complexity index is 468. The summed E-state index contributed by atoms with van der Waals surface area (Å²) in [7, 11) is 3.43. The zero-order chi connectivity index (χ0) is 14.5. The maximum absolute atomic E-state index is 11.9. The summed E-state index contributed by atoms with van der Waals surface area (Å²) in [6.07, 6.45) is 3.42. The van der Waals surface area contributed by atoms with E-state index >= 15 is 0 Å². The maximum atomic E-state index is 11.9. The van der Waals surface area contributed by atoms with Gasteiger partial charge < -0.3 is 20.1 Å². The van der Waals surface area contributed by atoms with Crippen molar-refractivity contribution >= 4 is 11.6 Å². The molecule has 1 heterocycles. The molecular weight excluding hydrogens is 256 g/mol. The van der Waals surface area contributed by atoms with Gasteiger partial charge in [0.25, 0.3) is 5.91 Å². The lowest BCUT2D eigenvalue weighted by Crippen LogP contribution is -2.26. The number of anilines is 1. The van der Waals surface area contributed by atoms with Crippen LogP contribution in [-0.2, 0) is 4.74 Å². The summed E-state index contributed by atoms with van der Waals surface area (Å²) in [6, 6.07) is 5.11. The molecular formula is C15H22N2O3. The molecule has 1 aliphatic heterocycles. The first-order chi connectivity index (χ1) is 9.58. The second-order valence-corrected chi connectivity index (χ2v) is 5.25. The highest BCUT2D eigenvalue weighted by molar-refractivity contribution is 5.94. The average molecular weight is 278 g/mol. The first-order valence-corrected chi connectivity index (χ1v) is 6.93. The van der Waals surface area contributed by atoms with Crippen molar-refractivity contribution in [1.29, 1.82) is 0 Å². The van der Waals surface area contributed by atoms with Gasteiger partial charge in [-0.3, -0.25) is 4.79 Å². The number of nitrogens with zero attached hydrogens (tertiary/aromatic N) is 1. The van der Waals surface area contributed by atoms with E-state index in [1.807, 2.05) is 0 Å². The summed E-state index contributed by atoms with van der Waals surface area (Å²) in [5, 5.41) is 0. The fraction of sp³-hybridized carbons (Fsp3) is 0.533. The number of hydrogen-bond acceptors (Lipinski definition) is 4. The number of nitrogen functional groups attached to an aromatic ring is 1. The van der Waals surface area contributed by atoms with E-state index in [0.717, 1.165) is 19.4 Å². The first kappa shape index (κ1) is 14.7. The minimum Gasteiger partial charge on any atom is -0.489 e. The highest BCUT2D eigenvalue weighted by Crippen LogP contribution is 2.24. The van der Waals surface area contributed by atoms with Crippen LogP contribution in [0.25, 0.3) is 0 Å². The van der Waals surface area contributed by atoms with Crippen LogP contribution < -0.4 is 10.5 Å². The van der Waals surface area contributed by atoms with Crippen LogP contribution in [-0.4, -0.2) is 44.2 Å². The number of hydrogen-bond donors (Lipinski definition) is 1. The molecule has 1 aromatic carbocycles. The number of benzene rings is 1. The van der Waals surface area contributed by atoms with Gasteiger partial charge >= 0.3 is 0 Å². The van der Waals surface area contributed by atoms with Crippen molar-refractivity contribution in [2.24, 2.45) is 0 Å². The largest absolute Gasteiger partial charge is 0.489 e. The molecule has 5 heteroatoms. The van der Waals surface area contributed by atoms with E-state index in [1.54, 1.807) is 32.3 Å². The van der Waals surface area contributed by atoms with Crippen molar-refractivity contribution in [3.8, 4) is 5.75 Å². The topological polar surface area (TPSA) is 64.8 Å². The van der Waals surface area contributed by atoms with Gasteiger partial charge in [0.15, 0.2) is 0 Å². The maximum Gasteiger partial charge on any atom is 0.253 e. The Balaban J connectivity index is 2.02. The Labute approximate surface area is 119 Å². The predicted octanol–water partition coefficient (Wildman–Crippen LogP) is 1.92. The molecule has 1 aliphatic rings. The molecule has 0 aliphatic carbocycles. The Morgan fingerprint density at radius 2 is 2.25 bits per heavy atom. The van der Waals surface area contributed by atoms with E-state index in [-0.39, 0.29) is 12.0 Å². The normalized spacial score (nSPS) is 18.6. The van der Waals surface area contributed by atoms with Crippen molar-refractivity contribution < 1.29 is 14.3 Å². The lowest BCUT2D eigenvalue weighted by Gasteiger charge is -2.23. The van der Waals surface area contributed by atoms with Crippen LogP contribution in [0, 0.1) is 0 Å². The van der Waals surface area contributed by atoms with E-state index < -0.39 is 0 Å². The molecule has 1 unspecified atom stereocenters. The van der Waals surface area contributed by atoms with E-state index in [1.165, 1.54) is 11.3 Å². The molecule has 0 aromatic heterocycles. The molecule has 0 bridgehead atoms. The first-order valence-electron chi connectivity index (χ1n) is 6.93. The molecule has 20 heavy (non-hydrogen) atoms. The van der Waals surface area contributed by atoms with Gasteiger partial charge in [-0.15, -0.1) is 0 Å². The molecule has 1 aromatic rings. The molecule has 1 amide bonds. The van der Waals surface area contributed by atoms with Crippen LogP contribution in [0.3, 0.4) is 0 Å². The number of carbonyl (C=O) groups is 1. The lowest BCUT2D eigenvalue weighted by atomic mass is 10.1. The Morgan fingerprint density at radius 1 is 1.45 bits per heavy atom. The fourth-order valence-corrected chi connectivity index (χ4v) is 2.17. The van der Waals surface area contributed by atoms with E-state index in [9.17, 15) is 4.79 Å². The minimum absolute atomic E-state index is 0.0660. The number of rotatable bonds is 4. The number of amides is 1. The van der Waals surface area contributed by atoms with E-state index in [0.29, 0.717) is 23.6 Å². The van der Waals surface area contributed by atoms with Crippen LogP contribution in [0.15, 0.2) is 18.2 Å². The highest BCUT2D eigenvalue weighted by Gasteiger charge is 2.16. The van der Waals surface area contributed by atoms with Gasteiger partial charge in [0, 0.05) is 26.3 Å². The number of carbonyl (C=O) groups excluding carboxylic acids is 1. The van der Waals surface area contributed by atoms with Crippen molar-refractivity contribution in [3.05, 3.63) is 23.8 Å². The molecule has 1 atom stereocenters. The third-order valence-corrected chi connectivity index (χ3v) is 3.37. The number of nitrogens with two attached hydrogens (primary N) is 1. The zero-order valence-corrected chi connectivity index (χ0v) is 12.1. The Hall–Kier alpha value is -1.75. The summed E-state index contributed by atoms with van der Waals surface area (Å²) in [5.41, 5.74) is 7.00. The van der Waals surface area contributed by atoms with Crippen molar-refractivity contribution in [2.75, 3.05) is 33.0 Å². The SMILES string of the molecule is CN(C)C(=O)c1ccc(N)c(OCC2CCCCO2)c1. The fourth-order valence-electron chi connectivity index (χ4n) is 2.17. The summed E-state index contributed by atoms with van der Waals surface area (Å²) in [6.45, 7) is 1.27. The van der Waals surface area contributed by atoms with Gasteiger partial charge in [-0.1, -0.05) is 0 Å². The highest BCUT2D eigenvalue weighted by atomic mass is 16.5. The van der Waals surface area contributed by atoms with Gasteiger partial charge in [0.1, 0.15) is 12.4 Å². The second kappa shape index (κ2) is 6.61. The van der Waals surface area contributed by atoms with Gasteiger partial charge in [-0.25, -0.2) is 0 Å². The molecule has 0 radical (unpaired) electrons. The minimum atomic E-state index is -0.0660. The molecule has 110 valence electrons. The van der Waals surface area contributed by atoms with E-state index in [2.05, 4.69) is 0 Å². The van der Waals surface area contributed by atoms with Crippen LogP contribution in [0.4, 0.5) is 5.69 Å². The molecule has 5 nitrogen and oxygen atoms in total. The summed E-state index contributed by atoms with van der Waals surface area (Å²) < 4.78 is 11.3. The Kier molecular flexibility index (Phi) is 4.84. The van der Waals surface area contributed by atoms with Crippen LogP contribution in [0.2, 0.25) is 0 Å². The monoisotopic (exact) mass is 278 g/mol. The van der Waals surface area contributed by atoms with Gasteiger partial charge in [-0.2, -0.15) is 0 Å². The Morgan fingerprint density at radius 3 is 2.90 bits per heavy atom. The summed E-state index contributed by atoms with van der Waals surface area (Å²) in [5.74, 6) is 0.482. The molecule has 0 saturated carbocycles. The lowest BCUT2D eigenvalue weighted by molar-refractivity contribution is -0.0109. The van der Waals surface area contributed by atoms with Gasteiger partial charge in [0.05, 0.1) is 11.8 Å². The van der Waals surface area contributed by atoms with Crippen molar-refractivity contribution in [2.45, 2.75) is 25.4 Å². The molecule has 0 spiro atoms. The van der Waals surface area contributed by atoms with Crippen molar-refractivity contribution in [1.82, 2.24) is 4.90 Å². The predicted molar refractivity (Wildman–Crippen MR) is 78.0 cm³/mol. The standard InChI is InChI=1S/C15H22N2O3/c1-17(2)15(18)11-6-7-13(16)14(9-11)20-10-12-5-3-4-8-19-12/h6-7,9,12H,3-5,8,10,16H2,1-2H3. The van der Waals surface area contributed by atoms with E-state index in [4.69, 9.17) is 15.2 Å². The average Bonchev–Trinajstić information content (AvgIpc) is 2.46. The summed E-state index contributed by atoms with van der Waals surface area (Å²) in [4.78, 5) is 13.4. The number of ether oxygens (including phenoxy) is 2. The third kappa shape index (κ3) is 3.63. The van der Waals surface area contributed by atoms with Crippen LogP contribution >= 0.6 is 0 Å². The second-order valence-electron chi connectivity index (χ2n) is 5.25. The quantitative estimate of drug-likeness (QED) is 0.855. The third-order valence-electron chi connectivity index (χ3n) is 3.37. The van der Waals surface area contributed by atoms with Gasteiger partial charge in [0.2, 0.25) is 0 Å². The summed E-state index contributed by atoms with van der Waals surface area (Å²) >= 11 is 0. The van der Waals surface area contributed by atoms with Crippen LogP contribution in [0.5, 0.6) is 5.75 Å². The van der Waals surface area contributed by atoms with Crippen molar-refractivity contribution in [3.63, 3.8) is 0 Å². The zero-order valence-electron chi connectivity index (χ0n) is 12.1. The smallest absolute Gasteiger partial charge is 0.253 e. The van der Waals surface area contributed by atoms with Gasteiger partial charge in [-0.05, 0) is 37.5 Å². The van der Waals surface area contributed by atoms with Crippen LogP contribution in [0.1, 0.15) is 29.6 Å². The molecule has 2 N–H and O–H groups in total.